The number of hydrogen-bond acceptors (Lipinski definition) is 4. The van der Waals surface area contributed by atoms with Crippen molar-refractivity contribution in [1.82, 2.24) is 5.32 Å². The Hall–Kier alpha value is -3.48. The predicted octanol–water partition coefficient (Wildman–Crippen LogP) is 5.56. The van der Waals surface area contributed by atoms with Crippen LogP contribution in [-0.2, 0) is 20.7 Å². The molecule has 1 N–H and O–H groups in total. The van der Waals surface area contributed by atoms with E-state index in [1.54, 1.807) is 7.11 Å². The van der Waals surface area contributed by atoms with Crippen LogP contribution in [0.5, 0.6) is 0 Å². The van der Waals surface area contributed by atoms with Gasteiger partial charge >= 0.3 is 0 Å². The molecule has 1 saturated heterocycles. The molecule has 6 heteroatoms. The van der Waals surface area contributed by atoms with E-state index in [4.69, 9.17) is 4.74 Å². The maximum absolute atomic E-state index is 14.4. The molecule has 3 aromatic rings. The van der Waals surface area contributed by atoms with Gasteiger partial charge in [-0.05, 0) is 79.0 Å². The average molecular weight is 538 g/mol. The summed E-state index contributed by atoms with van der Waals surface area (Å²) < 4.78 is 5.24. The highest BCUT2D eigenvalue weighted by atomic mass is 16.5. The largest absolute Gasteiger partial charge is 0.385 e. The first-order valence-corrected chi connectivity index (χ1v) is 14.8. The zero-order valence-electron chi connectivity index (χ0n) is 23.4. The van der Waals surface area contributed by atoms with Crippen LogP contribution in [-0.4, -0.2) is 51.2 Å². The van der Waals surface area contributed by atoms with Gasteiger partial charge in [0.25, 0.3) is 0 Å². The molecule has 2 atom stereocenters. The Labute approximate surface area is 237 Å². The first kappa shape index (κ1) is 26.7. The van der Waals surface area contributed by atoms with Gasteiger partial charge < -0.3 is 19.9 Å². The average Bonchev–Trinajstić information content (AvgIpc) is 3.84. The van der Waals surface area contributed by atoms with Crippen molar-refractivity contribution in [1.29, 1.82) is 0 Å². The van der Waals surface area contributed by atoms with Gasteiger partial charge in [0.15, 0.2) is 0 Å². The van der Waals surface area contributed by atoms with Crippen molar-refractivity contribution in [3.63, 3.8) is 0 Å². The second-order valence-corrected chi connectivity index (χ2v) is 11.3. The number of hydrogen-bond donors (Lipinski definition) is 1. The van der Waals surface area contributed by atoms with E-state index in [9.17, 15) is 9.59 Å². The second-order valence-electron chi connectivity index (χ2n) is 11.3. The van der Waals surface area contributed by atoms with Gasteiger partial charge in [0.05, 0.1) is 5.92 Å². The summed E-state index contributed by atoms with van der Waals surface area (Å²) in [6.07, 6.45) is 5.04. The van der Waals surface area contributed by atoms with Crippen molar-refractivity contribution in [2.24, 2.45) is 5.92 Å². The molecular weight excluding hydrogens is 498 g/mol. The zero-order chi connectivity index (χ0) is 27.5. The number of aryl methyl sites for hydroxylation is 1. The maximum atomic E-state index is 14.4. The number of ether oxygens (including phenoxy) is 1. The molecule has 0 radical (unpaired) electrons. The Balaban J connectivity index is 1.30. The first-order valence-electron chi connectivity index (χ1n) is 14.8. The minimum absolute atomic E-state index is 0.143. The van der Waals surface area contributed by atoms with Crippen molar-refractivity contribution in [3.8, 4) is 11.1 Å². The number of piperidine rings is 1. The van der Waals surface area contributed by atoms with Gasteiger partial charge in [-0.1, -0.05) is 60.7 Å². The van der Waals surface area contributed by atoms with Crippen molar-refractivity contribution < 1.29 is 14.3 Å². The van der Waals surface area contributed by atoms with Crippen LogP contribution >= 0.6 is 0 Å². The maximum Gasteiger partial charge on any atom is 0.232 e. The molecule has 0 aromatic heterocycles. The fourth-order valence-electron chi connectivity index (χ4n) is 6.41. The lowest BCUT2D eigenvalue weighted by Gasteiger charge is -2.37. The molecule has 6 rings (SSSR count). The summed E-state index contributed by atoms with van der Waals surface area (Å²) in [6.45, 7) is 2.83. The Bertz CT molecular complexity index is 1350. The minimum Gasteiger partial charge on any atom is -0.385 e. The number of carbonyl (C=O) groups is 2. The third-order valence-electron chi connectivity index (χ3n) is 8.65. The molecule has 2 amide bonds. The zero-order valence-corrected chi connectivity index (χ0v) is 23.4. The number of carbonyl (C=O) groups excluding carboxylic acids is 2. The molecule has 1 saturated carbocycles. The lowest BCUT2D eigenvalue weighted by molar-refractivity contribution is -0.123. The number of amides is 2. The van der Waals surface area contributed by atoms with E-state index in [0.717, 1.165) is 50.0 Å². The van der Waals surface area contributed by atoms with E-state index in [-0.39, 0.29) is 29.7 Å². The van der Waals surface area contributed by atoms with E-state index in [1.807, 2.05) is 11.0 Å². The predicted molar refractivity (Wildman–Crippen MR) is 160 cm³/mol. The van der Waals surface area contributed by atoms with E-state index in [1.165, 1.54) is 22.3 Å². The smallest absolute Gasteiger partial charge is 0.232 e. The second kappa shape index (κ2) is 11.9. The molecule has 2 fully saturated rings. The SMILES string of the molecule is COCCCN1C(=O)CCc2ccc(N(C(=O)[C@H]3CNCC[C@@H]3c3cccc(-c4ccccc4)c3)C3CC3)cc21. The molecule has 0 unspecified atom stereocenters. The van der Waals surface area contributed by atoms with Gasteiger partial charge in [-0.25, -0.2) is 0 Å². The fraction of sp³-hybridized carbons (Fsp3) is 0.412. The fourth-order valence-corrected chi connectivity index (χ4v) is 6.41. The highest BCUT2D eigenvalue weighted by Crippen LogP contribution is 2.41. The highest BCUT2D eigenvalue weighted by Gasteiger charge is 2.41. The molecule has 6 nitrogen and oxygen atoms in total. The van der Waals surface area contributed by atoms with Crippen molar-refractivity contribution >= 4 is 23.2 Å². The summed E-state index contributed by atoms with van der Waals surface area (Å²) in [4.78, 5) is 31.3. The highest BCUT2D eigenvalue weighted by molar-refractivity contribution is 6.00. The Morgan fingerprint density at radius 2 is 1.80 bits per heavy atom. The Kier molecular flexibility index (Phi) is 7.98. The van der Waals surface area contributed by atoms with E-state index >= 15 is 0 Å². The van der Waals surface area contributed by atoms with Gasteiger partial charge in [0, 0.05) is 50.6 Å². The lowest BCUT2D eigenvalue weighted by Crippen LogP contribution is -2.47. The third-order valence-corrected chi connectivity index (χ3v) is 8.65. The summed E-state index contributed by atoms with van der Waals surface area (Å²) in [5.74, 6) is 0.358. The van der Waals surface area contributed by atoms with Crippen molar-refractivity contribution in [2.75, 3.05) is 43.2 Å². The summed E-state index contributed by atoms with van der Waals surface area (Å²) in [7, 11) is 1.69. The number of rotatable bonds is 9. The van der Waals surface area contributed by atoms with Gasteiger partial charge in [-0.2, -0.15) is 0 Å². The molecule has 3 aliphatic rings. The van der Waals surface area contributed by atoms with Crippen LogP contribution < -0.4 is 15.1 Å². The van der Waals surface area contributed by atoms with Gasteiger partial charge in [0.1, 0.15) is 0 Å². The summed E-state index contributed by atoms with van der Waals surface area (Å²) in [5, 5.41) is 3.51. The number of methoxy groups -OCH3 is 1. The molecular formula is C34H39N3O3. The molecule has 0 bridgehead atoms. The quantitative estimate of drug-likeness (QED) is 0.363. The van der Waals surface area contributed by atoms with Crippen LogP contribution in [0.1, 0.15) is 49.1 Å². The van der Waals surface area contributed by atoms with Crippen LogP contribution in [0.25, 0.3) is 11.1 Å². The minimum atomic E-state index is -0.143. The van der Waals surface area contributed by atoms with Gasteiger partial charge in [-0.15, -0.1) is 0 Å². The van der Waals surface area contributed by atoms with E-state index in [0.29, 0.717) is 26.1 Å². The van der Waals surface area contributed by atoms with Crippen molar-refractivity contribution in [3.05, 3.63) is 83.9 Å². The summed E-state index contributed by atoms with van der Waals surface area (Å²) in [6, 6.07) is 25.7. The molecule has 1 aliphatic carbocycles. The number of nitrogens with one attached hydrogen (secondary N) is 1. The number of benzene rings is 3. The van der Waals surface area contributed by atoms with Crippen LogP contribution in [0.4, 0.5) is 11.4 Å². The van der Waals surface area contributed by atoms with E-state index < -0.39 is 0 Å². The molecule has 40 heavy (non-hydrogen) atoms. The standard InChI is InChI=1S/C34H39N3O3/c1-40-20-6-19-36-32-22-29(13-11-25(32)12-16-33(36)38)37(28-14-15-28)34(39)31-23-35-18-17-30(31)27-10-5-9-26(21-27)24-7-3-2-4-8-24/h2-5,7-11,13,21-22,28,30-31,35H,6,12,14-20,23H2,1H3/t30-,31+/m1/s1. The molecule has 2 heterocycles. The molecule has 3 aromatic carbocycles. The van der Waals surface area contributed by atoms with Crippen LogP contribution in [0.2, 0.25) is 0 Å². The van der Waals surface area contributed by atoms with Crippen LogP contribution in [0.15, 0.2) is 72.8 Å². The van der Waals surface area contributed by atoms with Crippen LogP contribution in [0.3, 0.4) is 0 Å². The first-order chi connectivity index (χ1) is 19.6. The van der Waals surface area contributed by atoms with Gasteiger partial charge in [0.2, 0.25) is 11.8 Å². The molecule has 2 aliphatic heterocycles. The molecule has 0 spiro atoms. The topological polar surface area (TPSA) is 61.9 Å². The lowest BCUT2D eigenvalue weighted by atomic mass is 9.79. The normalized spacial score (nSPS) is 20.7. The third kappa shape index (κ3) is 5.56. The number of fused-ring (bicyclic) bond motifs is 1. The summed E-state index contributed by atoms with van der Waals surface area (Å²) in [5.41, 5.74) is 6.67. The Morgan fingerprint density at radius 1 is 0.975 bits per heavy atom. The number of anilines is 2. The van der Waals surface area contributed by atoms with E-state index in [2.05, 4.69) is 76.9 Å². The van der Waals surface area contributed by atoms with Crippen molar-refractivity contribution in [2.45, 2.75) is 50.5 Å². The van der Waals surface area contributed by atoms with Crippen LogP contribution in [0, 0.1) is 5.92 Å². The van der Waals surface area contributed by atoms with Gasteiger partial charge in [-0.3, -0.25) is 9.59 Å². The number of nitrogens with zero attached hydrogens (tertiary/aromatic N) is 2. The summed E-state index contributed by atoms with van der Waals surface area (Å²) >= 11 is 0. The Morgan fingerprint density at radius 3 is 2.60 bits per heavy atom. The molecule has 208 valence electrons. The monoisotopic (exact) mass is 537 g/mol.